The Kier molecular flexibility index (Phi) is 6.80. The maximum atomic E-state index is 12.1. The van der Waals surface area contributed by atoms with Crippen molar-refractivity contribution >= 4 is 17.7 Å². The molecule has 31 heavy (non-hydrogen) atoms. The number of hydrogen-bond donors (Lipinski definition) is 3. The van der Waals surface area contributed by atoms with Gasteiger partial charge in [-0.15, -0.1) is 0 Å². The number of aryl methyl sites for hydroxylation is 2. The van der Waals surface area contributed by atoms with Gasteiger partial charge in [0.05, 0.1) is 6.10 Å². The molecule has 4 rings (SSSR count). The lowest BCUT2D eigenvalue weighted by atomic mass is 9.79. The zero-order valence-electron chi connectivity index (χ0n) is 18.5. The summed E-state index contributed by atoms with van der Waals surface area (Å²) >= 11 is 0. The molecule has 3 aliphatic rings. The molecule has 7 heteroatoms. The van der Waals surface area contributed by atoms with Crippen LogP contribution in [0.4, 0.5) is 5.82 Å². The molecular formula is C24H35N3O4. The topological polar surface area (TPSA) is 101 Å². The van der Waals surface area contributed by atoms with E-state index in [0.717, 1.165) is 63.0 Å². The van der Waals surface area contributed by atoms with Crippen LogP contribution in [-0.4, -0.2) is 47.3 Å². The van der Waals surface area contributed by atoms with E-state index in [4.69, 9.17) is 9.72 Å². The van der Waals surface area contributed by atoms with Crippen molar-refractivity contribution in [1.82, 2.24) is 10.3 Å². The van der Waals surface area contributed by atoms with Gasteiger partial charge in [0, 0.05) is 31.7 Å². The standard InChI is InChI=1S/C24H35N3O4/c1-24(9-10-24)15-21(28)27-20(23(29)30)8-12-31-19-13-16(14-19)4-6-18-7-5-17-3-2-11-25-22(17)26-18/h5,7,16,19-20H,2-4,6,8-15H2,1H3,(H,25,26)(H,27,28)(H,29,30)/t16-,19-,20-/m0/s1. The number of carbonyl (C=O) groups is 2. The van der Waals surface area contributed by atoms with Crippen molar-refractivity contribution in [2.75, 3.05) is 18.5 Å². The van der Waals surface area contributed by atoms with E-state index >= 15 is 0 Å². The number of carboxylic acid groups (broad SMARTS) is 1. The molecule has 2 saturated carbocycles. The average molecular weight is 430 g/mol. The third kappa shape index (κ3) is 6.19. The molecule has 0 aromatic carbocycles. The average Bonchev–Trinajstić information content (AvgIpc) is 3.44. The molecule has 0 radical (unpaired) electrons. The summed E-state index contributed by atoms with van der Waals surface area (Å²) in [6.45, 7) is 3.44. The van der Waals surface area contributed by atoms with Crippen LogP contribution in [0.5, 0.6) is 0 Å². The number of anilines is 1. The summed E-state index contributed by atoms with van der Waals surface area (Å²) in [6, 6.07) is 3.50. The number of nitrogens with one attached hydrogen (secondary N) is 2. The van der Waals surface area contributed by atoms with Crippen molar-refractivity contribution in [1.29, 1.82) is 0 Å². The fourth-order valence-electron chi connectivity index (χ4n) is 4.54. The lowest BCUT2D eigenvalue weighted by Crippen LogP contribution is -2.42. The molecule has 170 valence electrons. The maximum absolute atomic E-state index is 12.1. The molecule has 1 aromatic heterocycles. The molecule has 0 spiro atoms. The van der Waals surface area contributed by atoms with Crippen LogP contribution in [0.25, 0.3) is 0 Å². The first-order chi connectivity index (χ1) is 14.9. The molecule has 1 aromatic rings. The van der Waals surface area contributed by atoms with Crippen molar-refractivity contribution in [3.05, 3.63) is 23.4 Å². The molecule has 1 aliphatic heterocycles. The summed E-state index contributed by atoms with van der Waals surface area (Å²) in [6.07, 6.45) is 9.45. The SMILES string of the molecule is CC1(CC(=O)N[C@@H](CCO[C@H]2C[C@H](CCc3ccc4c(n3)NCCC4)C2)C(=O)O)CC1. The van der Waals surface area contributed by atoms with Crippen molar-refractivity contribution in [3.8, 4) is 0 Å². The fourth-order valence-corrected chi connectivity index (χ4v) is 4.54. The van der Waals surface area contributed by atoms with E-state index in [0.29, 0.717) is 25.4 Å². The van der Waals surface area contributed by atoms with E-state index in [2.05, 4.69) is 29.7 Å². The molecule has 7 nitrogen and oxygen atoms in total. The molecule has 2 fully saturated rings. The number of carbonyl (C=O) groups excluding carboxylic acids is 1. The van der Waals surface area contributed by atoms with Crippen molar-refractivity contribution in [3.63, 3.8) is 0 Å². The highest BCUT2D eigenvalue weighted by Crippen LogP contribution is 2.48. The fraction of sp³-hybridized carbons (Fsp3) is 0.708. The lowest BCUT2D eigenvalue weighted by Gasteiger charge is -2.35. The van der Waals surface area contributed by atoms with E-state index in [1.807, 2.05) is 0 Å². The number of amides is 1. The van der Waals surface area contributed by atoms with E-state index in [1.165, 1.54) is 12.0 Å². The number of rotatable bonds is 11. The number of hydrogen-bond acceptors (Lipinski definition) is 5. The number of fused-ring (bicyclic) bond motifs is 1. The van der Waals surface area contributed by atoms with Crippen molar-refractivity contribution in [2.45, 2.75) is 83.3 Å². The Hall–Kier alpha value is -2.15. The van der Waals surface area contributed by atoms with Gasteiger partial charge in [-0.05, 0) is 74.3 Å². The highest BCUT2D eigenvalue weighted by atomic mass is 16.5. The van der Waals surface area contributed by atoms with E-state index in [1.54, 1.807) is 0 Å². The van der Waals surface area contributed by atoms with Gasteiger partial charge in [-0.2, -0.15) is 0 Å². The van der Waals surface area contributed by atoms with Crippen LogP contribution in [0.3, 0.4) is 0 Å². The minimum Gasteiger partial charge on any atom is -0.480 e. The summed E-state index contributed by atoms with van der Waals surface area (Å²) < 4.78 is 5.87. The quantitative estimate of drug-likeness (QED) is 0.499. The van der Waals surface area contributed by atoms with Crippen LogP contribution in [0.2, 0.25) is 0 Å². The number of aromatic nitrogens is 1. The van der Waals surface area contributed by atoms with Gasteiger partial charge in [-0.3, -0.25) is 4.79 Å². The minimum atomic E-state index is -0.989. The van der Waals surface area contributed by atoms with Gasteiger partial charge in [0.2, 0.25) is 5.91 Å². The van der Waals surface area contributed by atoms with Gasteiger partial charge >= 0.3 is 5.97 Å². The molecule has 0 saturated heterocycles. The molecule has 0 bridgehead atoms. The molecule has 2 heterocycles. The minimum absolute atomic E-state index is 0.0791. The van der Waals surface area contributed by atoms with Crippen molar-refractivity contribution in [2.24, 2.45) is 11.3 Å². The normalized spacial score (nSPS) is 24.3. The van der Waals surface area contributed by atoms with Gasteiger partial charge in [0.1, 0.15) is 11.9 Å². The first-order valence-corrected chi connectivity index (χ1v) is 11.8. The van der Waals surface area contributed by atoms with Crippen LogP contribution >= 0.6 is 0 Å². The Morgan fingerprint density at radius 3 is 2.90 bits per heavy atom. The number of carboxylic acids is 1. The van der Waals surface area contributed by atoms with E-state index in [9.17, 15) is 14.7 Å². The summed E-state index contributed by atoms with van der Waals surface area (Å²) in [5, 5.41) is 15.4. The van der Waals surface area contributed by atoms with Crippen LogP contribution in [0.1, 0.15) is 69.5 Å². The predicted octanol–water partition coefficient (Wildman–Crippen LogP) is 3.32. The molecular weight excluding hydrogens is 394 g/mol. The number of ether oxygens (including phenoxy) is 1. The Morgan fingerprint density at radius 1 is 1.35 bits per heavy atom. The largest absolute Gasteiger partial charge is 0.480 e. The number of nitrogens with zero attached hydrogens (tertiary/aromatic N) is 1. The molecule has 3 N–H and O–H groups in total. The van der Waals surface area contributed by atoms with Gasteiger partial charge in [0.15, 0.2) is 0 Å². The maximum Gasteiger partial charge on any atom is 0.326 e. The van der Waals surface area contributed by atoms with Crippen LogP contribution < -0.4 is 10.6 Å². The molecule has 1 amide bonds. The van der Waals surface area contributed by atoms with Crippen LogP contribution in [0.15, 0.2) is 12.1 Å². The van der Waals surface area contributed by atoms with E-state index in [-0.39, 0.29) is 17.4 Å². The zero-order valence-corrected chi connectivity index (χ0v) is 18.5. The summed E-state index contributed by atoms with van der Waals surface area (Å²) in [7, 11) is 0. The van der Waals surface area contributed by atoms with Crippen molar-refractivity contribution < 1.29 is 19.4 Å². The van der Waals surface area contributed by atoms with E-state index < -0.39 is 12.0 Å². The molecule has 1 atom stereocenters. The summed E-state index contributed by atoms with van der Waals surface area (Å²) in [5.41, 5.74) is 2.55. The van der Waals surface area contributed by atoms with Gasteiger partial charge in [0.25, 0.3) is 0 Å². The third-order valence-corrected chi connectivity index (χ3v) is 7.04. The first kappa shape index (κ1) is 22.1. The summed E-state index contributed by atoms with van der Waals surface area (Å²) in [4.78, 5) is 28.3. The Balaban J connectivity index is 1.11. The zero-order chi connectivity index (χ0) is 21.8. The Bertz CT molecular complexity index is 802. The molecule has 2 aliphatic carbocycles. The second-order valence-electron chi connectivity index (χ2n) is 9.94. The second-order valence-corrected chi connectivity index (χ2v) is 9.94. The number of aliphatic carboxylic acids is 1. The molecule has 0 unspecified atom stereocenters. The van der Waals surface area contributed by atoms with Crippen LogP contribution in [-0.2, 0) is 27.2 Å². The van der Waals surface area contributed by atoms with Gasteiger partial charge in [-0.1, -0.05) is 13.0 Å². The van der Waals surface area contributed by atoms with Crippen LogP contribution in [0, 0.1) is 11.3 Å². The Morgan fingerprint density at radius 2 is 2.16 bits per heavy atom. The first-order valence-electron chi connectivity index (χ1n) is 11.8. The highest BCUT2D eigenvalue weighted by molar-refractivity contribution is 5.84. The number of pyridine rings is 1. The second kappa shape index (κ2) is 9.55. The predicted molar refractivity (Wildman–Crippen MR) is 118 cm³/mol. The third-order valence-electron chi connectivity index (χ3n) is 7.04. The lowest BCUT2D eigenvalue weighted by molar-refractivity contribution is -0.143. The highest BCUT2D eigenvalue weighted by Gasteiger charge is 2.39. The Labute approximate surface area is 184 Å². The smallest absolute Gasteiger partial charge is 0.326 e. The van der Waals surface area contributed by atoms with Gasteiger partial charge in [-0.25, -0.2) is 9.78 Å². The monoisotopic (exact) mass is 429 g/mol. The van der Waals surface area contributed by atoms with Gasteiger partial charge < -0.3 is 20.5 Å². The summed E-state index contributed by atoms with van der Waals surface area (Å²) in [5.74, 6) is 0.549.